The molecule has 3 N–H and O–H groups in total. The third-order valence-electron chi connectivity index (χ3n) is 3.80. The van der Waals surface area contributed by atoms with Gasteiger partial charge < -0.3 is 15.8 Å². The minimum Gasteiger partial charge on any atom is -0.495 e. The van der Waals surface area contributed by atoms with Crippen LogP contribution in [0, 0.1) is 0 Å². The Morgan fingerprint density at radius 3 is 2.95 bits per heavy atom. The summed E-state index contributed by atoms with van der Waals surface area (Å²) in [5.41, 5.74) is 6.37. The molecule has 0 aromatic heterocycles. The number of anilines is 1. The summed E-state index contributed by atoms with van der Waals surface area (Å²) in [6, 6.07) is 5.45. The van der Waals surface area contributed by atoms with E-state index in [2.05, 4.69) is 10.2 Å². The van der Waals surface area contributed by atoms with Crippen molar-refractivity contribution < 1.29 is 9.53 Å². The first kappa shape index (κ1) is 19.0. The first-order valence-electron chi connectivity index (χ1n) is 7.21. The quantitative estimate of drug-likeness (QED) is 0.858. The maximum Gasteiger partial charge on any atom is 0.238 e. The van der Waals surface area contributed by atoms with Crippen LogP contribution in [0.5, 0.6) is 5.75 Å². The predicted octanol–water partition coefficient (Wildman–Crippen LogP) is 2.52. The van der Waals surface area contributed by atoms with Gasteiger partial charge in [-0.25, -0.2) is 0 Å². The second-order valence-electron chi connectivity index (χ2n) is 5.25. The molecule has 2 rings (SSSR count). The molecule has 1 heterocycles. The lowest BCUT2D eigenvalue weighted by atomic mass is 10.0. The third-order valence-corrected chi connectivity index (χ3v) is 4.04. The molecule has 124 valence electrons. The highest BCUT2D eigenvalue weighted by atomic mass is 35.5. The van der Waals surface area contributed by atoms with Gasteiger partial charge in [0.1, 0.15) is 5.75 Å². The number of benzene rings is 1. The fraction of sp³-hybridized carbons (Fsp3) is 0.533. The molecule has 22 heavy (non-hydrogen) atoms. The molecule has 1 aliphatic heterocycles. The number of methoxy groups -OCH3 is 1. The van der Waals surface area contributed by atoms with Crippen LogP contribution in [0.1, 0.15) is 19.3 Å². The van der Waals surface area contributed by atoms with Crippen molar-refractivity contribution in [2.45, 2.75) is 25.3 Å². The van der Waals surface area contributed by atoms with Crippen molar-refractivity contribution in [1.29, 1.82) is 0 Å². The zero-order valence-corrected chi connectivity index (χ0v) is 14.3. The van der Waals surface area contributed by atoms with Gasteiger partial charge >= 0.3 is 0 Å². The average molecular weight is 348 g/mol. The molecule has 1 fully saturated rings. The number of likely N-dealkylation sites (tertiary alicyclic amines) is 1. The number of nitrogens with zero attached hydrogens (tertiary/aromatic N) is 1. The Morgan fingerprint density at radius 1 is 1.50 bits per heavy atom. The van der Waals surface area contributed by atoms with E-state index in [1.54, 1.807) is 25.3 Å². The summed E-state index contributed by atoms with van der Waals surface area (Å²) < 4.78 is 5.23. The molecule has 1 aliphatic rings. The number of halogens is 2. The van der Waals surface area contributed by atoms with E-state index in [0.717, 1.165) is 19.4 Å². The Morgan fingerprint density at radius 2 is 2.27 bits per heavy atom. The van der Waals surface area contributed by atoms with E-state index in [-0.39, 0.29) is 18.3 Å². The van der Waals surface area contributed by atoms with E-state index in [4.69, 9.17) is 22.1 Å². The number of ether oxygens (including phenoxy) is 1. The Labute approximate surface area is 142 Å². The van der Waals surface area contributed by atoms with Crippen LogP contribution in [-0.4, -0.2) is 43.6 Å². The number of nitrogens with two attached hydrogens (primary N) is 1. The molecule has 0 aliphatic carbocycles. The van der Waals surface area contributed by atoms with Crippen molar-refractivity contribution in [3.8, 4) is 5.75 Å². The molecule has 1 atom stereocenters. The molecule has 1 amide bonds. The summed E-state index contributed by atoms with van der Waals surface area (Å²) in [7, 11) is 1.56. The standard InChI is InChI=1S/C15H22ClN3O2.ClH/c1-21-14-6-5-11(16)8-13(14)18-15(20)10-19-7-3-2-4-12(19)9-17;/h5-6,8,12H,2-4,7,9-10,17H2,1H3,(H,18,20);1H. The molecule has 1 saturated heterocycles. The van der Waals surface area contributed by atoms with E-state index in [9.17, 15) is 4.79 Å². The van der Waals surface area contributed by atoms with Crippen molar-refractivity contribution in [3.63, 3.8) is 0 Å². The molecule has 5 nitrogen and oxygen atoms in total. The maximum absolute atomic E-state index is 12.2. The molecule has 1 aromatic carbocycles. The summed E-state index contributed by atoms with van der Waals surface area (Å²) in [5.74, 6) is 0.526. The van der Waals surface area contributed by atoms with Gasteiger partial charge in [-0.3, -0.25) is 9.69 Å². The summed E-state index contributed by atoms with van der Waals surface area (Å²) in [6.45, 7) is 1.85. The Kier molecular flexibility index (Phi) is 7.96. The molecular formula is C15H23Cl2N3O2. The van der Waals surface area contributed by atoms with Crippen LogP contribution in [0.25, 0.3) is 0 Å². The van der Waals surface area contributed by atoms with Crippen molar-refractivity contribution in [2.24, 2.45) is 5.73 Å². The Balaban J connectivity index is 0.00000242. The predicted molar refractivity (Wildman–Crippen MR) is 92.1 cm³/mol. The van der Waals surface area contributed by atoms with E-state index < -0.39 is 0 Å². The van der Waals surface area contributed by atoms with Gasteiger partial charge in [0.15, 0.2) is 0 Å². The van der Waals surface area contributed by atoms with Crippen molar-refractivity contribution in [2.75, 3.05) is 32.1 Å². The number of hydrogen-bond acceptors (Lipinski definition) is 4. The highest BCUT2D eigenvalue weighted by Crippen LogP contribution is 2.27. The van der Waals surface area contributed by atoms with Gasteiger partial charge in [0.05, 0.1) is 19.3 Å². The summed E-state index contributed by atoms with van der Waals surface area (Å²) in [6.07, 6.45) is 3.36. The fourth-order valence-electron chi connectivity index (χ4n) is 2.69. The highest BCUT2D eigenvalue weighted by molar-refractivity contribution is 6.31. The number of piperidine rings is 1. The zero-order chi connectivity index (χ0) is 15.2. The molecule has 0 radical (unpaired) electrons. The zero-order valence-electron chi connectivity index (χ0n) is 12.7. The Hall–Kier alpha value is -1.01. The Bertz CT molecular complexity index is 500. The normalized spacial score (nSPS) is 18.4. The van der Waals surface area contributed by atoms with Crippen LogP contribution in [-0.2, 0) is 4.79 Å². The number of nitrogens with one attached hydrogen (secondary N) is 1. The molecule has 1 unspecified atom stereocenters. The van der Waals surface area contributed by atoms with Gasteiger partial charge in [0, 0.05) is 17.6 Å². The van der Waals surface area contributed by atoms with Crippen LogP contribution in [0.3, 0.4) is 0 Å². The molecular weight excluding hydrogens is 325 g/mol. The van der Waals surface area contributed by atoms with Crippen LogP contribution in [0.4, 0.5) is 5.69 Å². The fourth-order valence-corrected chi connectivity index (χ4v) is 2.86. The van der Waals surface area contributed by atoms with Crippen molar-refractivity contribution in [1.82, 2.24) is 4.90 Å². The second-order valence-corrected chi connectivity index (χ2v) is 5.69. The monoisotopic (exact) mass is 347 g/mol. The largest absolute Gasteiger partial charge is 0.495 e. The van der Waals surface area contributed by atoms with Crippen LogP contribution in [0.2, 0.25) is 5.02 Å². The topological polar surface area (TPSA) is 67.6 Å². The van der Waals surface area contributed by atoms with E-state index in [0.29, 0.717) is 35.6 Å². The van der Waals surface area contributed by atoms with Crippen molar-refractivity contribution >= 4 is 35.6 Å². The average Bonchev–Trinajstić information content (AvgIpc) is 2.48. The van der Waals surface area contributed by atoms with Gasteiger partial charge in [-0.05, 0) is 37.6 Å². The number of carbonyl (C=O) groups excluding carboxylic acids is 1. The van der Waals surface area contributed by atoms with Gasteiger partial charge in [-0.2, -0.15) is 0 Å². The minimum absolute atomic E-state index is 0. The lowest BCUT2D eigenvalue weighted by molar-refractivity contribution is -0.118. The van der Waals surface area contributed by atoms with Crippen LogP contribution < -0.4 is 15.8 Å². The molecule has 0 spiro atoms. The molecule has 7 heteroatoms. The van der Waals surface area contributed by atoms with Gasteiger partial charge in [0.25, 0.3) is 0 Å². The smallest absolute Gasteiger partial charge is 0.238 e. The number of amides is 1. The van der Waals surface area contributed by atoms with E-state index in [1.807, 2.05) is 0 Å². The SMILES string of the molecule is COc1ccc(Cl)cc1NC(=O)CN1CCCCC1CN.Cl. The number of rotatable bonds is 5. The molecule has 0 saturated carbocycles. The summed E-state index contributed by atoms with van der Waals surface area (Å²) >= 11 is 5.96. The molecule has 1 aromatic rings. The van der Waals surface area contributed by atoms with Gasteiger partial charge in [-0.1, -0.05) is 18.0 Å². The lowest BCUT2D eigenvalue weighted by Crippen LogP contribution is -2.47. The van der Waals surface area contributed by atoms with Gasteiger partial charge in [0.2, 0.25) is 5.91 Å². The first-order chi connectivity index (χ1) is 10.1. The molecule has 0 bridgehead atoms. The third kappa shape index (κ3) is 5.02. The minimum atomic E-state index is -0.0732. The van der Waals surface area contributed by atoms with E-state index >= 15 is 0 Å². The highest BCUT2D eigenvalue weighted by Gasteiger charge is 2.23. The van der Waals surface area contributed by atoms with Crippen LogP contribution in [0.15, 0.2) is 18.2 Å². The van der Waals surface area contributed by atoms with Crippen LogP contribution >= 0.6 is 24.0 Å². The number of carbonyl (C=O) groups is 1. The summed E-state index contributed by atoms with van der Waals surface area (Å²) in [4.78, 5) is 14.4. The van der Waals surface area contributed by atoms with E-state index in [1.165, 1.54) is 6.42 Å². The maximum atomic E-state index is 12.2. The lowest BCUT2D eigenvalue weighted by Gasteiger charge is -2.34. The first-order valence-corrected chi connectivity index (χ1v) is 7.59. The summed E-state index contributed by atoms with van der Waals surface area (Å²) in [5, 5.41) is 3.42. The second kappa shape index (κ2) is 9.20. The van der Waals surface area contributed by atoms with Crippen molar-refractivity contribution in [3.05, 3.63) is 23.2 Å². The number of hydrogen-bond donors (Lipinski definition) is 2. The van der Waals surface area contributed by atoms with Gasteiger partial charge in [-0.15, -0.1) is 12.4 Å².